The molecule has 1 aromatic carbocycles. The van der Waals surface area contributed by atoms with E-state index in [2.05, 4.69) is 5.32 Å². The van der Waals surface area contributed by atoms with E-state index >= 15 is 0 Å². The van der Waals surface area contributed by atoms with Crippen LogP contribution in [0.2, 0.25) is 0 Å². The van der Waals surface area contributed by atoms with E-state index in [1.165, 1.54) is 12.1 Å². The molecule has 17 heavy (non-hydrogen) atoms. The fourth-order valence-electron chi connectivity index (χ4n) is 1.49. The molecular formula is C13H17FN2O. The molecule has 0 radical (unpaired) electrons. The van der Waals surface area contributed by atoms with E-state index < -0.39 is 5.82 Å². The lowest BCUT2D eigenvalue weighted by Gasteiger charge is -2.24. The van der Waals surface area contributed by atoms with Crippen LogP contribution < -0.4 is 5.32 Å². The first kappa shape index (κ1) is 13.5. The molecule has 3 nitrogen and oxygen atoms in total. The van der Waals surface area contributed by atoms with Crippen molar-refractivity contribution in [1.82, 2.24) is 0 Å². The molecule has 0 aliphatic rings. The number of nitrogens with zero attached hydrogens (tertiary/aromatic N) is 1. The zero-order valence-electron chi connectivity index (χ0n) is 10.1. The zero-order valence-corrected chi connectivity index (χ0v) is 10.1. The monoisotopic (exact) mass is 236 g/mol. The Morgan fingerprint density at radius 2 is 2.18 bits per heavy atom. The third-order valence-corrected chi connectivity index (χ3v) is 2.65. The largest absolute Gasteiger partial charge is 0.396 e. The Labute approximate surface area is 101 Å². The number of hydrogen-bond donors (Lipinski definition) is 2. The van der Waals surface area contributed by atoms with Crippen molar-refractivity contribution in [2.24, 2.45) is 5.41 Å². The average molecular weight is 236 g/mol. The van der Waals surface area contributed by atoms with Gasteiger partial charge in [-0.3, -0.25) is 0 Å². The molecule has 0 fully saturated rings. The summed E-state index contributed by atoms with van der Waals surface area (Å²) in [7, 11) is 0. The van der Waals surface area contributed by atoms with Crippen molar-refractivity contribution in [3.05, 3.63) is 29.6 Å². The highest BCUT2D eigenvalue weighted by atomic mass is 19.1. The fraction of sp³-hybridized carbons (Fsp3) is 0.462. The number of halogens is 1. The van der Waals surface area contributed by atoms with Gasteiger partial charge in [-0.15, -0.1) is 0 Å². The Bertz CT molecular complexity index is 424. The zero-order chi connectivity index (χ0) is 12.9. The molecule has 0 unspecified atom stereocenters. The number of rotatable bonds is 5. The van der Waals surface area contributed by atoms with Crippen LogP contribution in [0, 0.1) is 22.6 Å². The Morgan fingerprint density at radius 3 is 2.76 bits per heavy atom. The van der Waals surface area contributed by atoms with E-state index in [0.29, 0.717) is 24.2 Å². The second-order valence-corrected chi connectivity index (χ2v) is 4.79. The quantitative estimate of drug-likeness (QED) is 0.826. The van der Waals surface area contributed by atoms with Gasteiger partial charge in [-0.2, -0.15) is 5.26 Å². The normalized spacial score (nSPS) is 11.0. The molecule has 0 aromatic heterocycles. The molecule has 92 valence electrons. The summed E-state index contributed by atoms with van der Waals surface area (Å²) in [5.41, 5.74) is 0.847. The van der Waals surface area contributed by atoms with Gasteiger partial charge in [0, 0.05) is 13.2 Å². The highest BCUT2D eigenvalue weighted by Gasteiger charge is 2.17. The van der Waals surface area contributed by atoms with E-state index in [0.717, 1.165) is 0 Å². The van der Waals surface area contributed by atoms with Gasteiger partial charge in [-0.05, 0) is 30.0 Å². The number of nitriles is 1. The van der Waals surface area contributed by atoms with E-state index in [1.54, 1.807) is 6.07 Å². The number of benzene rings is 1. The molecule has 0 saturated carbocycles. The van der Waals surface area contributed by atoms with Crippen LogP contribution in [-0.4, -0.2) is 18.3 Å². The first-order valence-electron chi connectivity index (χ1n) is 5.53. The third-order valence-electron chi connectivity index (χ3n) is 2.65. The van der Waals surface area contributed by atoms with E-state index in [4.69, 9.17) is 10.4 Å². The number of anilines is 1. The molecule has 0 amide bonds. The molecule has 2 N–H and O–H groups in total. The summed E-state index contributed by atoms with van der Waals surface area (Å²) in [6.07, 6.45) is 0.670. The number of nitrogens with one attached hydrogen (secondary N) is 1. The molecule has 1 aromatic rings. The van der Waals surface area contributed by atoms with Gasteiger partial charge in [-0.1, -0.05) is 13.8 Å². The summed E-state index contributed by atoms with van der Waals surface area (Å²) in [5.74, 6) is -0.415. The number of aliphatic hydroxyl groups excluding tert-OH is 1. The van der Waals surface area contributed by atoms with E-state index in [9.17, 15) is 4.39 Å². The Hall–Kier alpha value is -1.60. The summed E-state index contributed by atoms with van der Waals surface area (Å²) in [6.45, 7) is 4.79. The standard InChI is InChI=1S/C13H17FN2O/c1-13(2,5-6-17)9-16-12-4-3-11(14)7-10(12)8-15/h3-4,7,16-17H,5-6,9H2,1-2H3. The molecule has 1 rings (SSSR count). The topological polar surface area (TPSA) is 56.0 Å². The van der Waals surface area contributed by atoms with Crippen LogP contribution >= 0.6 is 0 Å². The molecule has 0 aliphatic carbocycles. The summed E-state index contributed by atoms with van der Waals surface area (Å²) in [6, 6.07) is 6.04. The summed E-state index contributed by atoms with van der Waals surface area (Å²) >= 11 is 0. The smallest absolute Gasteiger partial charge is 0.124 e. The van der Waals surface area contributed by atoms with Gasteiger partial charge in [0.1, 0.15) is 11.9 Å². The van der Waals surface area contributed by atoms with Gasteiger partial charge in [-0.25, -0.2) is 4.39 Å². The van der Waals surface area contributed by atoms with Crippen LogP contribution in [-0.2, 0) is 0 Å². The molecule has 0 atom stereocenters. The first-order valence-corrected chi connectivity index (χ1v) is 5.53. The van der Waals surface area contributed by atoms with Crippen molar-refractivity contribution in [2.75, 3.05) is 18.5 Å². The third kappa shape index (κ3) is 4.04. The van der Waals surface area contributed by atoms with E-state index in [1.807, 2.05) is 19.9 Å². The van der Waals surface area contributed by atoms with Gasteiger partial charge in [0.2, 0.25) is 0 Å². The Balaban J connectivity index is 2.73. The minimum atomic E-state index is -0.415. The summed E-state index contributed by atoms with van der Waals surface area (Å²) in [5, 5.41) is 20.9. The molecule has 0 heterocycles. The molecule has 4 heteroatoms. The van der Waals surface area contributed by atoms with Crippen molar-refractivity contribution in [3.63, 3.8) is 0 Å². The van der Waals surface area contributed by atoms with Gasteiger partial charge in [0.25, 0.3) is 0 Å². The lowest BCUT2D eigenvalue weighted by atomic mass is 9.89. The molecule has 0 saturated heterocycles. The predicted octanol–water partition coefficient (Wildman–Crippen LogP) is 2.52. The second kappa shape index (κ2) is 5.65. The van der Waals surface area contributed by atoms with Crippen LogP contribution in [0.5, 0.6) is 0 Å². The van der Waals surface area contributed by atoms with Crippen LogP contribution in [0.25, 0.3) is 0 Å². The van der Waals surface area contributed by atoms with Crippen LogP contribution in [0.4, 0.5) is 10.1 Å². The predicted molar refractivity (Wildman–Crippen MR) is 65.1 cm³/mol. The maximum atomic E-state index is 12.9. The highest BCUT2D eigenvalue weighted by Crippen LogP contribution is 2.22. The summed E-state index contributed by atoms with van der Waals surface area (Å²) in [4.78, 5) is 0. The van der Waals surface area contributed by atoms with Gasteiger partial charge >= 0.3 is 0 Å². The van der Waals surface area contributed by atoms with Crippen molar-refractivity contribution in [2.45, 2.75) is 20.3 Å². The SMILES string of the molecule is CC(C)(CCO)CNc1ccc(F)cc1C#N. The summed E-state index contributed by atoms with van der Waals surface area (Å²) < 4.78 is 12.9. The van der Waals surface area contributed by atoms with Crippen molar-refractivity contribution < 1.29 is 9.50 Å². The second-order valence-electron chi connectivity index (χ2n) is 4.79. The maximum Gasteiger partial charge on any atom is 0.124 e. The fourth-order valence-corrected chi connectivity index (χ4v) is 1.49. The van der Waals surface area contributed by atoms with Crippen LogP contribution in [0.3, 0.4) is 0 Å². The Kier molecular flexibility index (Phi) is 4.47. The first-order chi connectivity index (χ1) is 7.98. The van der Waals surface area contributed by atoms with Gasteiger partial charge in [0.05, 0.1) is 11.3 Å². The van der Waals surface area contributed by atoms with Crippen LogP contribution in [0.1, 0.15) is 25.8 Å². The van der Waals surface area contributed by atoms with Gasteiger partial charge < -0.3 is 10.4 Å². The minimum Gasteiger partial charge on any atom is -0.396 e. The number of aliphatic hydroxyl groups is 1. The molecule has 0 bridgehead atoms. The van der Waals surface area contributed by atoms with Crippen molar-refractivity contribution in [3.8, 4) is 6.07 Å². The Morgan fingerprint density at radius 1 is 1.47 bits per heavy atom. The van der Waals surface area contributed by atoms with Crippen molar-refractivity contribution in [1.29, 1.82) is 5.26 Å². The lowest BCUT2D eigenvalue weighted by molar-refractivity contribution is 0.220. The molecule has 0 aliphatic heterocycles. The van der Waals surface area contributed by atoms with E-state index in [-0.39, 0.29) is 12.0 Å². The van der Waals surface area contributed by atoms with Crippen molar-refractivity contribution >= 4 is 5.69 Å². The minimum absolute atomic E-state index is 0.0735. The average Bonchev–Trinajstić information content (AvgIpc) is 2.27. The van der Waals surface area contributed by atoms with Crippen LogP contribution in [0.15, 0.2) is 18.2 Å². The molecule has 0 spiro atoms. The maximum absolute atomic E-state index is 12.9. The van der Waals surface area contributed by atoms with Gasteiger partial charge in [0.15, 0.2) is 0 Å². The molecular weight excluding hydrogens is 219 g/mol. The number of hydrogen-bond acceptors (Lipinski definition) is 3. The lowest BCUT2D eigenvalue weighted by Crippen LogP contribution is -2.24. The highest BCUT2D eigenvalue weighted by molar-refractivity contribution is 5.57.